The molecule has 19 heavy (non-hydrogen) atoms. The van der Waals surface area contributed by atoms with Gasteiger partial charge in [0.05, 0.1) is 6.54 Å². The molecule has 0 aromatic carbocycles. The number of hydrogen-bond donors (Lipinski definition) is 2. The summed E-state index contributed by atoms with van der Waals surface area (Å²) in [5.74, 6) is 0.914. The van der Waals surface area contributed by atoms with Crippen LogP contribution < -0.4 is 10.6 Å². The van der Waals surface area contributed by atoms with E-state index in [1.54, 1.807) is 0 Å². The topological polar surface area (TPSA) is 58.2 Å². The van der Waals surface area contributed by atoms with Gasteiger partial charge in [-0.2, -0.15) is 11.8 Å². The summed E-state index contributed by atoms with van der Waals surface area (Å²) in [5, 5.41) is 6.27. The molecule has 0 aliphatic heterocycles. The van der Waals surface area contributed by atoms with Gasteiger partial charge in [0.15, 0.2) is 0 Å². The molecule has 0 radical (unpaired) electrons. The molecule has 2 atom stereocenters. The Labute approximate surface area is 120 Å². The molecule has 0 bridgehead atoms. The van der Waals surface area contributed by atoms with Crippen LogP contribution in [-0.4, -0.2) is 35.4 Å². The van der Waals surface area contributed by atoms with Crippen LogP contribution in [0.25, 0.3) is 0 Å². The van der Waals surface area contributed by atoms with Crippen LogP contribution >= 0.6 is 11.8 Å². The molecule has 0 spiro atoms. The Morgan fingerprint density at radius 2 is 1.95 bits per heavy atom. The van der Waals surface area contributed by atoms with Crippen molar-refractivity contribution in [2.75, 3.05) is 12.3 Å². The quantitative estimate of drug-likeness (QED) is 0.812. The van der Waals surface area contributed by atoms with Gasteiger partial charge in [-0.1, -0.05) is 34.1 Å². The fourth-order valence-corrected chi connectivity index (χ4v) is 3.39. The zero-order valence-corrected chi connectivity index (χ0v) is 13.2. The molecule has 1 aliphatic rings. The van der Waals surface area contributed by atoms with E-state index in [1.807, 2.05) is 32.5 Å². The van der Waals surface area contributed by atoms with Crippen molar-refractivity contribution in [3.63, 3.8) is 0 Å². The summed E-state index contributed by atoms with van der Waals surface area (Å²) in [6, 6.07) is 0.268. The minimum absolute atomic E-state index is 0.0776. The summed E-state index contributed by atoms with van der Waals surface area (Å²) in [5.41, 5.74) is -0.450. The smallest absolute Gasteiger partial charge is 0.239 e. The lowest BCUT2D eigenvalue weighted by molar-refractivity contribution is -0.131. The molecule has 1 fully saturated rings. The molecule has 0 heterocycles. The Hall–Kier alpha value is -0.710. The Kier molecular flexibility index (Phi) is 6.17. The number of carbonyl (C=O) groups excluding carboxylic acids is 2. The van der Waals surface area contributed by atoms with Crippen molar-refractivity contribution < 1.29 is 9.59 Å². The highest BCUT2D eigenvalue weighted by Gasteiger charge is 2.28. The van der Waals surface area contributed by atoms with E-state index in [-0.39, 0.29) is 24.4 Å². The van der Waals surface area contributed by atoms with Gasteiger partial charge in [0.1, 0.15) is 0 Å². The molecule has 0 aromatic rings. The highest BCUT2D eigenvalue weighted by atomic mass is 32.2. The molecule has 2 N–H and O–H groups in total. The van der Waals surface area contributed by atoms with Gasteiger partial charge < -0.3 is 10.6 Å². The van der Waals surface area contributed by atoms with Crippen molar-refractivity contribution >= 4 is 23.6 Å². The summed E-state index contributed by atoms with van der Waals surface area (Å²) in [6.45, 7) is 7.74. The number of nitrogens with one attached hydrogen (secondary N) is 2. The molecule has 0 saturated heterocycles. The summed E-state index contributed by atoms with van der Waals surface area (Å²) < 4.78 is 0. The first-order valence-corrected chi connectivity index (χ1v) is 8.08. The largest absolute Gasteiger partial charge is 0.351 e. The first-order chi connectivity index (χ1) is 8.84. The van der Waals surface area contributed by atoms with Crippen molar-refractivity contribution in [3.05, 3.63) is 0 Å². The lowest BCUT2D eigenvalue weighted by Crippen LogP contribution is -2.46. The van der Waals surface area contributed by atoms with Gasteiger partial charge in [0.25, 0.3) is 0 Å². The van der Waals surface area contributed by atoms with Crippen molar-refractivity contribution in [1.82, 2.24) is 10.6 Å². The maximum Gasteiger partial charge on any atom is 0.239 e. The van der Waals surface area contributed by atoms with Crippen LogP contribution in [0.2, 0.25) is 0 Å². The van der Waals surface area contributed by atoms with Gasteiger partial charge in [-0.15, -0.1) is 0 Å². The molecule has 0 aromatic heterocycles. The Morgan fingerprint density at radius 3 is 2.53 bits per heavy atom. The average molecular weight is 286 g/mol. The number of rotatable bonds is 5. The van der Waals surface area contributed by atoms with E-state index in [4.69, 9.17) is 0 Å². The second kappa shape index (κ2) is 7.17. The van der Waals surface area contributed by atoms with E-state index < -0.39 is 5.41 Å². The van der Waals surface area contributed by atoms with Crippen LogP contribution in [0, 0.1) is 5.41 Å². The normalized spacial score (nSPS) is 23.2. The maximum atomic E-state index is 11.8. The number of thioether (sulfide) groups is 1. The van der Waals surface area contributed by atoms with E-state index in [9.17, 15) is 9.59 Å². The Morgan fingerprint density at radius 1 is 1.26 bits per heavy atom. The zero-order valence-electron chi connectivity index (χ0n) is 12.4. The molecule has 2 amide bonds. The van der Waals surface area contributed by atoms with Crippen molar-refractivity contribution in [2.45, 2.75) is 58.2 Å². The molecule has 1 aliphatic carbocycles. The Bertz CT molecular complexity index is 326. The number of amides is 2. The third-order valence-electron chi connectivity index (χ3n) is 3.27. The van der Waals surface area contributed by atoms with Crippen LogP contribution in [0.5, 0.6) is 0 Å². The highest BCUT2D eigenvalue weighted by molar-refractivity contribution is 7.99. The van der Waals surface area contributed by atoms with Crippen LogP contribution in [0.4, 0.5) is 0 Å². The standard InChI is InChI=1S/C14H26N2O2S/c1-5-19-11-8-6-7-10(11)16-12(17)9-15-13(18)14(2,3)4/h10-11H,5-9H2,1-4H3,(H,15,18)(H,16,17)/t10-,11-/m1/s1. The monoisotopic (exact) mass is 286 g/mol. The average Bonchev–Trinajstić information content (AvgIpc) is 2.73. The number of hydrogen-bond acceptors (Lipinski definition) is 3. The van der Waals surface area contributed by atoms with Crippen LogP contribution in [0.15, 0.2) is 0 Å². The van der Waals surface area contributed by atoms with Gasteiger partial charge in [0.2, 0.25) is 11.8 Å². The van der Waals surface area contributed by atoms with E-state index in [0.717, 1.165) is 12.2 Å². The fourth-order valence-electron chi connectivity index (χ4n) is 2.19. The minimum atomic E-state index is -0.450. The van der Waals surface area contributed by atoms with Crippen LogP contribution in [-0.2, 0) is 9.59 Å². The van der Waals surface area contributed by atoms with Crippen molar-refractivity contribution in [1.29, 1.82) is 0 Å². The molecule has 110 valence electrons. The first-order valence-electron chi connectivity index (χ1n) is 7.04. The minimum Gasteiger partial charge on any atom is -0.351 e. The predicted molar refractivity (Wildman–Crippen MR) is 80.2 cm³/mol. The van der Waals surface area contributed by atoms with E-state index >= 15 is 0 Å². The van der Waals surface area contributed by atoms with E-state index in [0.29, 0.717) is 5.25 Å². The molecule has 4 nitrogen and oxygen atoms in total. The molecule has 1 saturated carbocycles. The van der Waals surface area contributed by atoms with Crippen LogP contribution in [0.1, 0.15) is 47.0 Å². The molecule has 5 heteroatoms. The second-order valence-corrected chi connectivity index (χ2v) is 7.55. The fraction of sp³-hybridized carbons (Fsp3) is 0.857. The van der Waals surface area contributed by atoms with E-state index in [1.165, 1.54) is 12.8 Å². The van der Waals surface area contributed by atoms with Crippen LogP contribution in [0.3, 0.4) is 0 Å². The SMILES string of the molecule is CCS[C@@H]1CCC[C@H]1NC(=O)CNC(=O)C(C)(C)C. The summed E-state index contributed by atoms with van der Waals surface area (Å²) >= 11 is 1.92. The second-order valence-electron chi connectivity index (χ2n) is 6.03. The summed E-state index contributed by atoms with van der Waals surface area (Å²) in [6.07, 6.45) is 3.41. The number of carbonyl (C=O) groups is 2. The molecule has 0 unspecified atom stereocenters. The van der Waals surface area contributed by atoms with Gasteiger partial charge in [0, 0.05) is 16.7 Å². The predicted octanol–water partition coefficient (Wildman–Crippen LogP) is 1.94. The maximum absolute atomic E-state index is 11.8. The van der Waals surface area contributed by atoms with Crippen molar-refractivity contribution in [3.8, 4) is 0 Å². The zero-order chi connectivity index (χ0) is 14.5. The lowest BCUT2D eigenvalue weighted by Gasteiger charge is -2.21. The van der Waals surface area contributed by atoms with Gasteiger partial charge >= 0.3 is 0 Å². The highest BCUT2D eigenvalue weighted by Crippen LogP contribution is 2.29. The summed E-state index contributed by atoms with van der Waals surface area (Å²) in [7, 11) is 0. The van der Waals surface area contributed by atoms with E-state index in [2.05, 4.69) is 17.6 Å². The van der Waals surface area contributed by atoms with Crippen molar-refractivity contribution in [2.24, 2.45) is 5.41 Å². The Balaban J connectivity index is 2.33. The third-order valence-corrected chi connectivity index (χ3v) is 4.60. The summed E-state index contributed by atoms with van der Waals surface area (Å²) in [4.78, 5) is 23.5. The van der Waals surface area contributed by atoms with Gasteiger partial charge in [-0.25, -0.2) is 0 Å². The molecular weight excluding hydrogens is 260 g/mol. The first kappa shape index (κ1) is 16.3. The molecular formula is C14H26N2O2S. The van der Waals surface area contributed by atoms with Gasteiger partial charge in [-0.3, -0.25) is 9.59 Å². The molecule has 1 rings (SSSR count). The third kappa shape index (κ3) is 5.43. The lowest BCUT2D eigenvalue weighted by atomic mass is 9.96. The van der Waals surface area contributed by atoms with Gasteiger partial charge in [-0.05, 0) is 18.6 Å².